The van der Waals surface area contributed by atoms with E-state index in [0.29, 0.717) is 0 Å². The van der Waals surface area contributed by atoms with Gasteiger partial charge in [-0.25, -0.2) is 0 Å². The molecule has 1 aliphatic heterocycles. The first kappa shape index (κ1) is 14.8. The standard InChI is InChI=1S/C14H18N4O.ClH/c1-2-18-13-7-12(4-3-10(13)9-16-18)17-14(19)11-5-6-15-8-11;/h3-4,7,9,11,15H,2,5-6,8H2,1H3,(H,17,19);1H. The van der Waals surface area contributed by atoms with Gasteiger partial charge in [-0.05, 0) is 38.1 Å². The van der Waals surface area contributed by atoms with Crippen molar-refractivity contribution in [3.05, 3.63) is 24.4 Å². The summed E-state index contributed by atoms with van der Waals surface area (Å²) in [5.74, 6) is 0.193. The molecule has 3 rings (SSSR count). The summed E-state index contributed by atoms with van der Waals surface area (Å²) in [5.41, 5.74) is 1.91. The number of amides is 1. The van der Waals surface area contributed by atoms with Crippen molar-refractivity contribution in [1.82, 2.24) is 15.1 Å². The Morgan fingerprint density at radius 2 is 2.40 bits per heavy atom. The number of nitrogens with one attached hydrogen (secondary N) is 2. The van der Waals surface area contributed by atoms with E-state index >= 15 is 0 Å². The molecule has 1 amide bonds. The topological polar surface area (TPSA) is 59.0 Å². The number of hydrogen-bond donors (Lipinski definition) is 2. The number of benzene rings is 1. The zero-order chi connectivity index (χ0) is 13.2. The highest BCUT2D eigenvalue weighted by Crippen LogP contribution is 2.20. The van der Waals surface area contributed by atoms with E-state index < -0.39 is 0 Å². The molecule has 0 radical (unpaired) electrons. The van der Waals surface area contributed by atoms with Crippen molar-refractivity contribution in [2.75, 3.05) is 18.4 Å². The van der Waals surface area contributed by atoms with Crippen molar-refractivity contribution in [1.29, 1.82) is 0 Å². The van der Waals surface area contributed by atoms with Gasteiger partial charge in [0.05, 0.1) is 17.6 Å². The molecule has 1 fully saturated rings. The summed E-state index contributed by atoms with van der Waals surface area (Å²) in [4.78, 5) is 12.1. The molecule has 0 saturated carbocycles. The first-order valence-electron chi connectivity index (χ1n) is 6.75. The van der Waals surface area contributed by atoms with Gasteiger partial charge in [-0.3, -0.25) is 9.48 Å². The fourth-order valence-corrected chi connectivity index (χ4v) is 2.52. The average molecular weight is 295 g/mol. The molecule has 2 aromatic rings. The lowest BCUT2D eigenvalue weighted by Gasteiger charge is -2.10. The van der Waals surface area contributed by atoms with Crippen LogP contribution < -0.4 is 10.6 Å². The molecule has 108 valence electrons. The van der Waals surface area contributed by atoms with E-state index in [9.17, 15) is 4.79 Å². The first-order valence-corrected chi connectivity index (χ1v) is 6.75. The Hall–Kier alpha value is -1.59. The minimum atomic E-state index is 0. The predicted octanol–water partition coefficient (Wildman–Crippen LogP) is 2.03. The van der Waals surface area contributed by atoms with Crippen LogP contribution in [0, 0.1) is 5.92 Å². The summed E-state index contributed by atoms with van der Waals surface area (Å²) in [6.45, 7) is 4.59. The molecule has 0 bridgehead atoms. The smallest absolute Gasteiger partial charge is 0.228 e. The summed E-state index contributed by atoms with van der Waals surface area (Å²) < 4.78 is 1.93. The Labute approximate surface area is 124 Å². The third-order valence-corrected chi connectivity index (χ3v) is 3.64. The van der Waals surface area contributed by atoms with Crippen LogP contribution in [0.1, 0.15) is 13.3 Å². The van der Waals surface area contributed by atoms with Crippen molar-refractivity contribution in [3.8, 4) is 0 Å². The van der Waals surface area contributed by atoms with Crippen LogP contribution >= 0.6 is 12.4 Å². The monoisotopic (exact) mass is 294 g/mol. The molecular weight excluding hydrogens is 276 g/mol. The van der Waals surface area contributed by atoms with Gasteiger partial charge >= 0.3 is 0 Å². The fraction of sp³-hybridized carbons (Fsp3) is 0.429. The molecule has 1 aromatic heterocycles. The van der Waals surface area contributed by atoms with Crippen molar-refractivity contribution in [2.24, 2.45) is 5.92 Å². The number of nitrogens with zero attached hydrogens (tertiary/aromatic N) is 2. The highest BCUT2D eigenvalue weighted by Gasteiger charge is 2.22. The highest BCUT2D eigenvalue weighted by atomic mass is 35.5. The van der Waals surface area contributed by atoms with Gasteiger partial charge in [0, 0.05) is 24.2 Å². The van der Waals surface area contributed by atoms with E-state index in [1.54, 1.807) is 0 Å². The van der Waals surface area contributed by atoms with Crippen LogP contribution in [0.25, 0.3) is 10.9 Å². The summed E-state index contributed by atoms with van der Waals surface area (Å²) in [5, 5.41) is 11.6. The van der Waals surface area contributed by atoms with Crippen molar-refractivity contribution >= 4 is 34.9 Å². The van der Waals surface area contributed by atoms with Gasteiger partial charge in [-0.15, -0.1) is 12.4 Å². The molecule has 2 N–H and O–H groups in total. The maximum absolute atomic E-state index is 12.1. The molecule has 5 nitrogen and oxygen atoms in total. The number of carbonyl (C=O) groups excluding carboxylic acids is 1. The molecule has 0 spiro atoms. The second-order valence-corrected chi connectivity index (χ2v) is 4.91. The van der Waals surface area contributed by atoms with Crippen LogP contribution in [0.2, 0.25) is 0 Å². The predicted molar refractivity (Wildman–Crippen MR) is 82.3 cm³/mol. The number of hydrogen-bond acceptors (Lipinski definition) is 3. The van der Waals surface area contributed by atoms with Crippen LogP contribution in [0.5, 0.6) is 0 Å². The number of carbonyl (C=O) groups is 1. The second-order valence-electron chi connectivity index (χ2n) is 4.91. The number of fused-ring (bicyclic) bond motifs is 1. The van der Waals surface area contributed by atoms with E-state index in [1.807, 2.05) is 29.1 Å². The quantitative estimate of drug-likeness (QED) is 0.910. The molecule has 0 aliphatic carbocycles. The van der Waals surface area contributed by atoms with Gasteiger partial charge in [0.25, 0.3) is 0 Å². The average Bonchev–Trinajstić information content (AvgIpc) is 3.07. The normalized spacial score (nSPS) is 17.9. The van der Waals surface area contributed by atoms with Crippen molar-refractivity contribution in [3.63, 3.8) is 0 Å². The summed E-state index contributed by atoms with van der Waals surface area (Å²) in [6, 6.07) is 5.92. The maximum atomic E-state index is 12.1. The molecule has 1 unspecified atom stereocenters. The summed E-state index contributed by atoms with van der Waals surface area (Å²) in [6.07, 6.45) is 2.77. The van der Waals surface area contributed by atoms with E-state index in [2.05, 4.69) is 22.7 Å². The van der Waals surface area contributed by atoms with E-state index in [-0.39, 0.29) is 24.2 Å². The minimum Gasteiger partial charge on any atom is -0.326 e. The van der Waals surface area contributed by atoms with Gasteiger partial charge in [0.15, 0.2) is 0 Å². The Balaban J connectivity index is 0.00000147. The molecular formula is C14H19ClN4O. The lowest BCUT2D eigenvalue weighted by Crippen LogP contribution is -2.24. The lowest BCUT2D eigenvalue weighted by atomic mass is 10.1. The largest absolute Gasteiger partial charge is 0.326 e. The van der Waals surface area contributed by atoms with Crippen molar-refractivity contribution in [2.45, 2.75) is 19.9 Å². The minimum absolute atomic E-state index is 0. The Kier molecular flexibility index (Phi) is 4.62. The molecule has 1 saturated heterocycles. The van der Waals surface area contributed by atoms with Crippen LogP contribution in [0.3, 0.4) is 0 Å². The van der Waals surface area contributed by atoms with E-state index in [0.717, 1.165) is 42.6 Å². The molecule has 20 heavy (non-hydrogen) atoms. The Morgan fingerprint density at radius 3 is 3.10 bits per heavy atom. The Morgan fingerprint density at radius 1 is 1.55 bits per heavy atom. The molecule has 1 aliphatic rings. The second kappa shape index (κ2) is 6.24. The van der Waals surface area contributed by atoms with E-state index in [4.69, 9.17) is 0 Å². The van der Waals surface area contributed by atoms with Crippen LogP contribution in [-0.2, 0) is 11.3 Å². The zero-order valence-electron chi connectivity index (χ0n) is 11.4. The van der Waals surface area contributed by atoms with Gasteiger partial charge in [0.2, 0.25) is 5.91 Å². The molecule has 2 heterocycles. The first-order chi connectivity index (χ1) is 9.28. The number of halogens is 1. The van der Waals surface area contributed by atoms with Gasteiger partial charge < -0.3 is 10.6 Å². The van der Waals surface area contributed by atoms with Crippen LogP contribution in [-0.4, -0.2) is 28.8 Å². The van der Waals surface area contributed by atoms with Gasteiger partial charge in [0.1, 0.15) is 0 Å². The third kappa shape index (κ3) is 2.78. The fourth-order valence-electron chi connectivity index (χ4n) is 2.52. The maximum Gasteiger partial charge on any atom is 0.228 e. The summed E-state index contributed by atoms with van der Waals surface area (Å²) >= 11 is 0. The zero-order valence-corrected chi connectivity index (χ0v) is 12.2. The number of rotatable bonds is 3. The van der Waals surface area contributed by atoms with Crippen LogP contribution in [0.15, 0.2) is 24.4 Å². The van der Waals surface area contributed by atoms with Crippen LogP contribution in [0.4, 0.5) is 5.69 Å². The SMILES string of the molecule is CCn1ncc2ccc(NC(=O)C3CCNC3)cc21.Cl. The third-order valence-electron chi connectivity index (χ3n) is 3.64. The number of anilines is 1. The van der Waals surface area contributed by atoms with Gasteiger partial charge in [-0.2, -0.15) is 5.10 Å². The van der Waals surface area contributed by atoms with E-state index in [1.165, 1.54) is 0 Å². The number of aryl methyl sites for hydroxylation is 1. The van der Waals surface area contributed by atoms with Gasteiger partial charge in [-0.1, -0.05) is 0 Å². The summed E-state index contributed by atoms with van der Waals surface area (Å²) in [7, 11) is 0. The molecule has 1 aromatic carbocycles. The Bertz CT molecular complexity index is 604. The lowest BCUT2D eigenvalue weighted by molar-refractivity contribution is -0.119. The molecule has 1 atom stereocenters. The molecule has 6 heteroatoms. The van der Waals surface area contributed by atoms with Crippen molar-refractivity contribution < 1.29 is 4.79 Å². The number of aromatic nitrogens is 2. The highest BCUT2D eigenvalue weighted by molar-refractivity contribution is 5.95.